The van der Waals surface area contributed by atoms with Gasteiger partial charge in [-0.3, -0.25) is 4.79 Å². The van der Waals surface area contributed by atoms with E-state index in [4.69, 9.17) is 0 Å². The number of carbonyl (C=O) groups is 1. The van der Waals surface area contributed by atoms with Crippen LogP contribution in [0.25, 0.3) is 0 Å². The summed E-state index contributed by atoms with van der Waals surface area (Å²) in [7, 11) is 1.70. The first-order valence-electron chi connectivity index (χ1n) is 4.79. The fraction of sp³-hybridized carbons (Fsp3) is 0.364. The molecule has 0 fully saturated rings. The van der Waals surface area contributed by atoms with E-state index < -0.39 is 0 Å². The van der Waals surface area contributed by atoms with Crippen LogP contribution in [0.2, 0.25) is 0 Å². The van der Waals surface area contributed by atoms with Gasteiger partial charge < -0.3 is 10.6 Å². The van der Waals surface area contributed by atoms with Crippen molar-refractivity contribution in [1.29, 1.82) is 0 Å². The highest BCUT2D eigenvalue weighted by Gasteiger charge is 2.11. The van der Waals surface area contributed by atoms with E-state index in [-0.39, 0.29) is 17.8 Å². The largest absolute Gasteiger partial charge is 0.324 e. The topological polar surface area (TPSA) is 41.1 Å². The molecule has 0 aromatic heterocycles. The molecule has 0 bridgehead atoms. The summed E-state index contributed by atoms with van der Waals surface area (Å²) in [6.45, 7) is 3.56. The molecular formula is C11H15FN2O. The third-order valence-electron chi connectivity index (χ3n) is 2.28. The smallest absolute Gasteiger partial charge is 0.241 e. The number of halogens is 1. The second kappa shape index (κ2) is 4.89. The Labute approximate surface area is 88.7 Å². The van der Waals surface area contributed by atoms with Crippen LogP contribution in [0.3, 0.4) is 0 Å². The van der Waals surface area contributed by atoms with Crippen LogP contribution in [0.5, 0.6) is 0 Å². The Bertz CT molecular complexity index is 366. The van der Waals surface area contributed by atoms with Gasteiger partial charge in [-0.05, 0) is 38.6 Å². The van der Waals surface area contributed by atoms with E-state index in [1.54, 1.807) is 20.0 Å². The fourth-order valence-corrected chi connectivity index (χ4v) is 1.10. The van der Waals surface area contributed by atoms with Crippen molar-refractivity contribution in [2.45, 2.75) is 19.9 Å². The summed E-state index contributed by atoms with van der Waals surface area (Å²) in [5, 5.41) is 5.47. The first kappa shape index (κ1) is 11.7. The summed E-state index contributed by atoms with van der Waals surface area (Å²) in [5.74, 6) is -0.529. The molecule has 0 heterocycles. The second-order valence-corrected chi connectivity index (χ2v) is 3.46. The van der Waals surface area contributed by atoms with Gasteiger partial charge in [-0.15, -0.1) is 0 Å². The summed E-state index contributed by atoms with van der Waals surface area (Å²) in [6.07, 6.45) is 0. The monoisotopic (exact) mass is 210 g/mol. The number of nitrogens with one attached hydrogen (secondary N) is 2. The Hall–Kier alpha value is -1.42. The molecule has 0 saturated heterocycles. The molecule has 1 unspecified atom stereocenters. The van der Waals surface area contributed by atoms with Gasteiger partial charge in [0.1, 0.15) is 5.82 Å². The molecule has 0 radical (unpaired) electrons. The molecule has 82 valence electrons. The summed E-state index contributed by atoms with van der Waals surface area (Å²) in [6, 6.07) is 4.02. The van der Waals surface area contributed by atoms with Crippen LogP contribution < -0.4 is 10.6 Å². The van der Waals surface area contributed by atoms with Crippen molar-refractivity contribution in [3.8, 4) is 0 Å². The van der Waals surface area contributed by atoms with E-state index >= 15 is 0 Å². The first-order chi connectivity index (χ1) is 7.04. The van der Waals surface area contributed by atoms with Gasteiger partial charge in [0.15, 0.2) is 0 Å². The molecule has 3 nitrogen and oxygen atoms in total. The van der Waals surface area contributed by atoms with Crippen LogP contribution in [-0.2, 0) is 4.79 Å². The zero-order chi connectivity index (χ0) is 11.4. The average molecular weight is 210 g/mol. The maximum atomic E-state index is 12.9. The number of amides is 1. The van der Waals surface area contributed by atoms with Crippen LogP contribution in [0.1, 0.15) is 12.5 Å². The second-order valence-electron chi connectivity index (χ2n) is 3.46. The number of benzene rings is 1. The van der Waals surface area contributed by atoms with E-state index in [0.717, 1.165) is 5.56 Å². The molecule has 15 heavy (non-hydrogen) atoms. The maximum Gasteiger partial charge on any atom is 0.241 e. The lowest BCUT2D eigenvalue weighted by molar-refractivity contribution is -0.117. The lowest BCUT2D eigenvalue weighted by Crippen LogP contribution is -2.35. The summed E-state index contributed by atoms with van der Waals surface area (Å²) in [4.78, 5) is 11.5. The summed E-state index contributed by atoms with van der Waals surface area (Å²) < 4.78 is 12.9. The van der Waals surface area contributed by atoms with Gasteiger partial charge in [-0.2, -0.15) is 0 Å². The van der Waals surface area contributed by atoms with Crippen LogP contribution in [0.15, 0.2) is 18.2 Å². The molecule has 4 heteroatoms. The predicted octanol–water partition coefficient (Wildman–Crippen LogP) is 1.68. The van der Waals surface area contributed by atoms with E-state index in [1.165, 1.54) is 12.1 Å². The SMILES string of the molecule is CNC(C)C(=O)Nc1cc(F)ccc1C. The summed E-state index contributed by atoms with van der Waals surface area (Å²) >= 11 is 0. The van der Waals surface area contributed by atoms with Crippen molar-refractivity contribution in [3.63, 3.8) is 0 Å². The standard InChI is InChI=1S/C11H15FN2O/c1-7-4-5-9(12)6-10(7)14-11(15)8(2)13-3/h4-6,8,13H,1-3H3,(H,14,15). The molecule has 1 amide bonds. The Kier molecular flexibility index (Phi) is 3.80. The number of anilines is 1. The van der Waals surface area contributed by atoms with Crippen LogP contribution in [0.4, 0.5) is 10.1 Å². The zero-order valence-electron chi connectivity index (χ0n) is 9.10. The fourth-order valence-electron chi connectivity index (χ4n) is 1.10. The highest BCUT2D eigenvalue weighted by atomic mass is 19.1. The third kappa shape index (κ3) is 3.02. The number of likely N-dealkylation sites (N-methyl/N-ethyl adjacent to an activating group) is 1. The number of aryl methyl sites for hydroxylation is 1. The summed E-state index contributed by atoms with van der Waals surface area (Å²) in [5.41, 5.74) is 1.36. The Balaban J connectivity index is 2.80. The van der Waals surface area contributed by atoms with Crippen LogP contribution in [-0.4, -0.2) is 19.0 Å². The minimum absolute atomic E-state index is 0.175. The molecule has 0 aliphatic carbocycles. The van der Waals surface area contributed by atoms with Gasteiger partial charge in [-0.1, -0.05) is 6.07 Å². The molecule has 2 N–H and O–H groups in total. The number of hydrogen-bond donors (Lipinski definition) is 2. The van der Waals surface area contributed by atoms with Crippen molar-refractivity contribution < 1.29 is 9.18 Å². The van der Waals surface area contributed by atoms with Crippen molar-refractivity contribution >= 4 is 11.6 Å². The Morgan fingerprint density at radius 2 is 2.13 bits per heavy atom. The van der Waals surface area contributed by atoms with E-state index in [1.807, 2.05) is 6.92 Å². The number of rotatable bonds is 3. The van der Waals surface area contributed by atoms with E-state index in [0.29, 0.717) is 5.69 Å². The van der Waals surface area contributed by atoms with Crippen molar-refractivity contribution in [1.82, 2.24) is 5.32 Å². The molecule has 0 spiro atoms. The van der Waals surface area contributed by atoms with Gasteiger partial charge in [0.05, 0.1) is 6.04 Å². The Morgan fingerprint density at radius 1 is 1.47 bits per heavy atom. The van der Waals surface area contributed by atoms with E-state index in [9.17, 15) is 9.18 Å². The number of carbonyl (C=O) groups excluding carboxylic acids is 1. The van der Waals surface area contributed by atoms with Gasteiger partial charge in [0.25, 0.3) is 0 Å². The maximum absolute atomic E-state index is 12.9. The minimum atomic E-state index is -0.354. The lowest BCUT2D eigenvalue weighted by atomic mass is 10.2. The quantitative estimate of drug-likeness (QED) is 0.797. The van der Waals surface area contributed by atoms with Crippen LogP contribution >= 0.6 is 0 Å². The third-order valence-corrected chi connectivity index (χ3v) is 2.28. The molecule has 1 aromatic carbocycles. The highest BCUT2D eigenvalue weighted by Crippen LogP contribution is 2.15. The average Bonchev–Trinajstić information content (AvgIpc) is 2.22. The van der Waals surface area contributed by atoms with Gasteiger partial charge in [0.2, 0.25) is 5.91 Å². The minimum Gasteiger partial charge on any atom is -0.324 e. The Morgan fingerprint density at radius 3 is 2.73 bits per heavy atom. The lowest BCUT2D eigenvalue weighted by Gasteiger charge is -2.12. The van der Waals surface area contributed by atoms with Crippen molar-refractivity contribution in [3.05, 3.63) is 29.6 Å². The normalized spacial score (nSPS) is 12.3. The van der Waals surface area contributed by atoms with Crippen molar-refractivity contribution in [2.24, 2.45) is 0 Å². The first-order valence-corrected chi connectivity index (χ1v) is 4.79. The van der Waals surface area contributed by atoms with Gasteiger partial charge in [0, 0.05) is 5.69 Å². The zero-order valence-corrected chi connectivity index (χ0v) is 9.10. The van der Waals surface area contributed by atoms with Gasteiger partial charge >= 0.3 is 0 Å². The van der Waals surface area contributed by atoms with Gasteiger partial charge in [-0.25, -0.2) is 4.39 Å². The number of hydrogen-bond acceptors (Lipinski definition) is 2. The molecule has 1 rings (SSSR count). The van der Waals surface area contributed by atoms with Crippen LogP contribution in [0, 0.1) is 12.7 Å². The molecule has 1 atom stereocenters. The molecule has 0 aliphatic heterocycles. The predicted molar refractivity (Wildman–Crippen MR) is 58.3 cm³/mol. The molecular weight excluding hydrogens is 195 g/mol. The molecule has 0 saturated carbocycles. The van der Waals surface area contributed by atoms with Crippen molar-refractivity contribution in [2.75, 3.05) is 12.4 Å². The molecule has 0 aliphatic rings. The molecule has 1 aromatic rings. The van der Waals surface area contributed by atoms with E-state index in [2.05, 4.69) is 10.6 Å². The highest BCUT2D eigenvalue weighted by molar-refractivity contribution is 5.95.